The van der Waals surface area contributed by atoms with Crippen LogP contribution in [0, 0.1) is 0 Å². The van der Waals surface area contributed by atoms with E-state index in [0.717, 1.165) is 38.8 Å². The number of carbonyl (C=O) groups excluding carboxylic acids is 3. The number of amides is 1. The van der Waals surface area contributed by atoms with E-state index >= 15 is 0 Å². The van der Waals surface area contributed by atoms with Gasteiger partial charge in [-0.05, 0) is 39.3 Å². The minimum atomic E-state index is -0.239. The highest BCUT2D eigenvalue weighted by Gasteiger charge is 2.38. The van der Waals surface area contributed by atoms with Crippen LogP contribution < -0.4 is 0 Å². The fourth-order valence-corrected chi connectivity index (χ4v) is 4.31. The third-order valence-electron chi connectivity index (χ3n) is 5.99. The van der Waals surface area contributed by atoms with E-state index in [1.54, 1.807) is 24.3 Å². The monoisotopic (exact) mass is 411 g/mol. The lowest BCUT2D eigenvalue weighted by Gasteiger charge is -2.34. The molecule has 1 fully saturated rings. The molecule has 0 aromatic heterocycles. The van der Waals surface area contributed by atoms with E-state index in [1.807, 2.05) is 18.9 Å². The average Bonchev–Trinajstić information content (AvgIpc) is 2.76. The summed E-state index contributed by atoms with van der Waals surface area (Å²) in [5.74, 6) is -0.531. The minimum Gasteiger partial charge on any atom is -0.370 e. The highest BCUT2D eigenvalue weighted by atomic mass is 16.2. The largest absolute Gasteiger partial charge is 0.370 e. The van der Waals surface area contributed by atoms with Gasteiger partial charge in [0.15, 0.2) is 0 Å². The number of Topliss-reactive ketones (excluding diaryl/α,β-unsaturated/α-hetero) is 2. The summed E-state index contributed by atoms with van der Waals surface area (Å²) in [4.78, 5) is 45.7. The third-order valence-corrected chi connectivity index (χ3v) is 5.99. The number of hydrogen-bond donors (Lipinski definition) is 0. The molecule has 1 aromatic carbocycles. The van der Waals surface area contributed by atoms with Gasteiger partial charge in [-0.1, -0.05) is 44.0 Å². The number of likely N-dealkylation sites (tertiary alicyclic amines) is 1. The smallest absolute Gasteiger partial charge is 0.241 e. The van der Waals surface area contributed by atoms with Crippen LogP contribution in [0.4, 0.5) is 0 Å². The van der Waals surface area contributed by atoms with Gasteiger partial charge in [0.1, 0.15) is 11.4 Å². The molecule has 6 nitrogen and oxygen atoms in total. The van der Waals surface area contributed by atoms with E-state index in [2.05, 4.69) is 11.8 Å². The van der Waals surface area contributed by atoms with E-state index in [-0.39, 0.29) is 29.7 Å². The number of unbranched alkanes of at least 4 members (excludes halogenated alkanes) is 1. The molecule has 0 spiro atoms. The quantitative estimate of drug-likeness (QED) is 0.657. The van der Waals surface area contributed by atoms with Crippen LogP contribution in [-0.2, 0) is 4.79 Å². The molecule has 1 heterocycles. The number of hydrogen-bond acceptors (Lipinski definition) is 5. The van der Waals surface area contributed by atoms with Gasteiger partial charge < -0.3 is 9.80 Å². The lowest BCUT2D eigenvalue weighted by Crippen LogP contribution is -2.46. The summed E-state index contributed by atoms with van der Waals surface area (Å²) in [6, 6.07) is 6.92. The molecule has 1 amide bonds. The Hall–Kier alpha value is -2.47. The molecule has 0 saturated carbocycles. The lowest BCUT2D eigenvalue weighted by atomic mass is 9.89. The summed E-state index contributed by atoms with van der Waals surface area (Å²) >= 11 is 0. The second-order valence-corrected chi connectivity index (χ2v) is 8.15. The molecule has 6 heteroatoms. The lowest BCUT2D eigenvalue weighted by molar-refractivity contribution is -0.130. The van der Waals surface area contributed by atoms with Crippen molar-refractivity contribution in [3.63, 3.8) is 0 Å². The van der Waals surface area contributed by atoms with Crippen LogP contribution in [0.1, 0.15) is 66.7 Å². The highest BCUT2D eigenvalue weighted by Crippen LogP contribution is 2.30. The minimum absolute atomic E-state index is 0.115. The third kappa shape index (κ3) is 4.48. The average molecular weight is 412 g/mol. The van der Waals surface area contributed by atoms with Gasteiger partial charge in [0.25, 0.3) is 0 Å². The molecular formula is C24H33N3O3. The zero-order valence-electron chi connectivity index (χ0n) is 18.4. The molecule has 162 valence electrons. The molecule has 1 saturated heterocycles. The van der Waals surface area contributed by atoms with E-state index in [0.29, 0.717) is 29.9 Å². The normalized spacial score (nSPS) is 17.2. The Bertz CT molecular complexity index is 840. The number of piperidine rings is 1. The number of carbonyl (C=O) groups is 3. The van der Waals surface area contributed by atoms with Gasteiger partial charge in [-0.3, -0.25) is 19.3 Å². The van der Waals surface area contributed by atoms with Crippen LogP contribution in [0.15, 0.2) is 35.7 Å². The van der Waals surface area contributed by atoms with Gasteiger partial charge in [-0.15, -0.1) is 0 Å². The predicted octanol–water partition coefficient (Wildman–Crippen LogP) is 3.34. The molecule has 0 unspecified atom stereocenters. The Morgan fingerprint density at radius 2 is 1.57 bits per heavy atom. The summed E-state index contributed by atoms with van der Waals surface area (Å²) < 4.78 is 0. The number of rotatable bonds is 8. The summed E-state index contributed by atoms with van der Waals surface area (Å²) in [6.07, 6.45) is 5.28. The number of likely N-dealkylation sites (N-methyl/N-ethyl adjacent to an activating group) is 2. The maximum absolute atomic E-state index is 13.5. The second-order valence-electron chi connectivity index (χ2n) is 8.15. The van der Waals surface area contributed by atoms with E-state index in [1.165, 1.54) is 11.3 Å². The van der Waals surface area contributed by atoms with Crippen molar-refractivity contribution in [2.24, 2.45) is 0 Å². The van der Waals surface area contributed by atoms with Crippen molar-refractivity contribution in [1.29, 1.82) is 0 Å². The summed E-state index contributed by atoms with van der Waals surface area (Å²) in [5, 5.41) is 0. The van der Waals surface area contributed by atoms with Crippen LogP contribution >= 0.6 is 0 Å². The standard InChI is InChI=1S/C24H33N3O3/c1-4-6-14-25(3)21-22(24(30)19-13-9-8-12-18(19)23(21)29)27(5-2)20(28)17-26-15-10-7-11-16-26/h8-9,12-13H,4-7,10-11,14-17H2,1-3H3. The van der Waals surface area contributed by atoms with Crippen molar-refractivity contribution in [1.82, 2.24) is 14.7 Å². The first-order valence-corrected chi connectivity index (χ1v) is 11.2. The topological polar surface area (TPSA) is 60.9 Å². The number of allylic oxidation sites excluding steroid dienone is 2. The van der Waals surface area contributed by atoms with Crippen molar-refractivity contribution in [2.75, 3.05) is 39.8 Å². The molecule has 0 atom stereocenters. The van der Waals surface area contributed by atoms with Crippen molar-refractivity contribution < 1.29 is 14.4 Å². The molecule has 3 rings (SSSR count). The van der Waals surface area contributed by atoms with Gasteiger partial charge in [0.05, 0.1) is 6.54 Å². The van der Waals surface area contributed by atoms with Crippen molar-refractivity contribution in [3.05, 3.63) is 46.8 Å². The first-order valence-electron chi connectivity index (χ1n) is 11.2. The van der Waals surface area contributed by atoms with Gasteiger partial charge in [0, 0.05) is 31.3 Å². The van der Waals surface area contributed by atoms with Crippen LogP contribution in [0.3, 0.4) is 0 Å². The Labute approximate surface area is 179 Å². The number of fused-ring (bicyclic) bond motifs is 1. The fraction of sp³-hybridized carbons (Fsp3) is 0.542. The molecule has 0 radical (unpaired) electrons. The van der Waals surface area contributed by atoms with Crippen molar-refractivity contribution in [3.8, 4) is 0 Å². The molecule has 0 N–H and O–H groups in total. The SMILES string of the molecule is CCCCN(C)C1=C(N(CC)C(=O)CN2CCCCC2)C(=O)c2ccccc2C1=O. The predicted molar refractivity (Wildman–Crippen MR) is 117 cm³/mol. The summed E-state index contributed by atoms with van der Waals surface area (Å²) in [7, 11) is 1.84. The Morgan fingerprint density at radius 3 is 2.13 bits per heavy atom. The van der Waals surface area contributed by atoms with Crippen LogP contribution in [0.2, 0.25) is 0 Å². The Morgan fingerprint density at radius 1 is 0.967 bits per heavy atom. The molecule has 1 aliphatic carbocycles. The van der Waals surface area contributed by atoms with E-state index in [9.17, 15) is 14.4 Å². The summed E-state index contributed by atoms with van der Waals surface area (Å²) in [6.45, 7) is 7.06. The van der Waals surface area contributed by atoms with Crippen molar-refractivity contribution in [2.45, 2.75) is 46.0 Å². The number of nitrogens with zero attached hydrogens (tertiary/aromatic N) is 3. The second kappa shape index (κ2) is 10.0. The van der Waals surface area contributed by atoms with Crippen LogP contribution in [-0.4, -0.2) is 71.9 Å². The zero-order valence-corrected chi connectivity index (χ0v) is 18.4. The van der Waals surface area contributed by atoms with Gasteiger partial charge in [0.2, 0.25) is 17.5 Å². The van der Waals surface area contributed by atoms with Crippen molar-refractivity contribution >= 4 is 17.5 Å². The Kier molecular flexibility index (Phi) is 7.43. The molecule has 0 bridgehead atoms. The van der Waals surface area contributed by atoms with E-state index < -0.39 is 0 Å². The maximum Gasteiger partial charge on any atom is 0.241 e. The fourth-order valence-electron chi connectivity index (χ4n) is 4.31. The van der Waals surface area contributed by atoms with Gasteiger partial charge in [-0.25, -0.2) is 0 Å². The molecular weight excluding hydrogens is 378 g/mol. The number of benzene rings is 1. The van der Waals surface area contributed by atoms with Gasteiger partial charge >= 0.3 is 0 Å². The van der Waals surface area contributed by atoms with Crippen LogP contribution in [0.25, 0.3) is 0 Å². The highest BCUT2D eigenvalue weighted by molar-refractivity contribution is 6.27. The Balaban J connectivity index is 2.00. The molecule has 2 aliphatic rings. The first kappa shape index (κ1) is 22.2. The van der Waals surface area contributed by atoms with Gasteiger partial charge in [-0.2, -0.15) is 0 Å². The summed E-state index contributed by atoms with van der Waals surface area (Å²) in [5.41, 5.74) is 1.39. The van der Waals surface area contributed by atoms with E-state index in [4.69, 9.17) is 0 Å². The zero-order chi connectivity index (χ0) is 21.7. The molecule has 1 aliphatic heterocycles. The maximum atomic E-state index is 13.5. The molecule has 30 heavy (non-hydrogen) atoms. The number of ketones is 2. The molecule has 1 aromatic rings. The first-order chi connectivity index (χ1) is 14.5. The van der Waals surface area contributed by atoms with Crippen LogP contribution in [0.5, 0.6) is 0 Å².